The molecule has 1 N–H and O–H groups in total. The fourth-order valence-corrected chi connectivity index (χ4v) is 5.08. The molecule has 2 saturated carbocycles. The first-order valence-electron chi connectivity index (χ1n) is 8.32. The average Bonchev–Trinajstić information content (AvgIpc) is 3.00. The van der Waals surface area contributed by atoms with Gasteiger partial charge in [0.1, 0.15) is 5.82 Å². The Balaban J connectivity index is 1.63. The molecule has 2 aliphatic carbocycles. The summed E-state index contributed by atoms with van der Waals surface area (Å²) in [5.74, 6) is 2.72. The summed E-state index contributed by atoms with van der Waals surface area (Å²) >= 11 is 3.40. The molecule has 116 valence electrons. The van der Waals surface area contributed by atoms with Crippen LogP contribution in [0.15, 0.2) is 22.7 Å². The Labute approximate surface area is 135 Å². The van der Waals surface area contributed by atoms with Gasteiger partial charge in [-0.1, -0.05) is 29.3 Å². The van der Waals surface area contributed by atoms with Gasteiger partial charge in [-0.2, -0.15) is 0 Å². The van der Waals surface area contributed by atoms with Crippen LogP contribution in [0.3, 0.4) is 0 Å². The van der Waals surface area contributed by atoms with Gasteiger partial charge >= 0.3 is 0 Å². The Kier molecular flexibility index (Phi) is 5.00. The summed E-state index contributed by atoms with van der Waals surface area (Å²) in [5.41, 5.74) is 1.09. The third-order valence-electron chi connectivity index (χ3n) is 5.37. The normalized spacial score (nSPS) is 29.0. The Morgan fingerprint density at radius 1 is 1.29 bits per heavy atom. The second-order valence-electron chi connectivity index (χ2n) is 6.91. The number of halogens is 2. The largest absolute Gasteiger partial charge is 0.314 e. The number of fused-ring (bicyclic) bond motifs is 2. The Hall–Kier alpha value is -0.410. The molecule has 1 nitrogen and oxygen atoms in total. The molecule has 0 amide bonds. The fourth-order valence-electron chi connectivity index (χ4n) is 4.57. The van der Waals surface area contributed by atoms with Crippen molar-refractivity contribution < 1.29 is 4.39 Å². The van der Waals surface area contributed by atoms with E-state index >= 15 is 0 Å². The molecular formula is C18H25BrFN. The first-order valence-corrected chi connectivity index (χ1v) is 9.11. The Bertz CT molecular complexity index is 470. The number of nitrogens with one attached hydrogen (secondary N) is 1. The minimum atomic E-state index is -0.144. The number of benzene rings is 1. The number of rotatable bonds is 6. The van der Waals surface area contributed by atoms with Crippen LogP contribution in [0.5, 0.6) is 0 Å². The van der Waals surface area contributed by atoms with Crippen molar-refractivity contribution in [2.45, 2.75) is 51.5 Å². The molecule has 1 aromatic carbocycles. The van der Waals surface area contributed by atoms with Crippen molar-refractivity contribution in [3.8, 4) is 0 Å². The van der Waals surface area contributed by atoms with Gasteiger partial charge in [0, 0.05) is 10.5 Å². The lowest BCUT2D eigenvalue weighted by Crippen LogP contribution is -2.34. The lowest BCUT2D eigenvalue weighted by molar-refractivity contribution is 0.278. The summed E-state index contributed by atoms with van der Waals surface area (Å²) in [6, 6.07) is 5.74. The molecule has 0 aromatic heterocycles. The summed E-state index contributed by atoms with van der Waals surface area (Å²) in [7, 11) is 0. The first-order chi connectivity index (χ1) is 10.1. The van der Waals surface area contributed by atoms with Crippen molar-refractivity contribution in [3.63, 3.8) is 0 Å². The number of likely N-dealkylation sites (N-methyl/N-ethyl adjacent to an activating group) is 1. The molecule has 1 aromatic rings. The minimum absolute atomic E-state index is 0.144. The van der Waals surface area contributed by atoms with Crippen molar-refractivity contribution in [1.29, 1.82) is 0 Å². The molecule has 21 heavy (non-hydrogen) atoms. The fraction of sp³-hybridized carbons (Fsp3) is 0.667. The molecule has 2 aliphatic rings. The lowest BCUT2D eigenvalue weighted by atomic mass is 9.83. The zero-order chi connectivity index (χ0) is 14.8. The molecule has 0 heterocycles. The van der Waals surface area contributed by atoms with E-state index in [0.717, 1.165) is 40.8 Å². The number of hydrogen-bond acceptors (Lipinski definition) is 1. The van der Waals surface area contributed by atoms with Crippen molar-refractivity contribution in [2.75, 3.05) is 6.54 Å². The van der Waals surface area contributed by atoms with Gasteiger partial charge in [-0.3, -0.25) is 0 Å². The third-order valence-corrected chi connectivity index (χ3v) is 5.83. The van der Waals surface area contributed by atoms with Crippen molar-refractivity contribution >= 4 is 15.9 Å². The molecule has 0 spiro atoms. The molecule has 2 fully saturated rings. The van der Waals surface area contributed by atoms with E-state index in [4.69, 9.17) is 0 Å². The first kappa shape index (κ1) is 15.5. The SMILES string of the molecule is CCNC(Cc1cc(F)cc(Br)c1)CC1CC2CCC1C2. The highest BCUT2D eigenvalue weighted by molar-refractivity contribution is 9.10. The van der Waals surface area contributed by atoms with Crippen LogP contribution in [0.1, 0.15) is 44.6 Å². The van der Waals surface area contributed by atoms with Gasteiger partial charge in [0.25, 0.3) is 0 Å². The summed E-state index contributed by atoms with van der Waals surface area (Å²) in [5, 5.41) is 3.62. The summed E-state index contributed by atoms with van der Waals surface area (Å²) in [6.45, 7) is 3.15. The summed E-state index contributed by atoms with van der Waals surface area (Å²) in [4.78, 5) is 0. The summed E-state index contributed by atoms with van der Waals surface area (Å²) in [6.07, 6.45) is 7.99. The Morgan fingerprint density at radius 2 is 2.14 bits per heavy atom. The molecule has 3 rings (SSSR count). The standard InChI is InChI=1S/C18H25BrFN/c1-2-21-18(9-13-7-16(19)11-17(20)8-13)10-15-6-12-3-4-14(15)5-12/h7-8,11-12,14-15,18,21H,2-6,9-10H2,1H3. The quantitative estimate of drug-likeness (QED) is 0.763. The van der Waals surface area contributed by atoms with Crippen LogP contribution in [-0.2, 0) is 6.42 Å². The smallest absolute Gasteiger partial charge is 0.124 e. The highest BCUT2D eigenvalue weighted by Crippen LogP contribution is 2.50. The molecule has 0 radical (unpaired) electrons. The van der Waals surface area contributed by atoms with Crippen molar-refractivity contribution in [2.24, 2.45) is 17.8 Å². The van der Waals surface area contributed by atoms with Gasteiger partial charge in [0.2, 0.25) is 0 Å². The minimum Gasteiger partial charge on any atom is -0.314 e. The van der Waals surface area contributed by atoms with Gasteiger partial charge in [-0.25, -0.2) is 4.39 Å². The van der Waals surface area contributed by atoms with Crippen LogP contribution in [-0.4, -0.2) is 12.6 Å². The maximum Gasteiger partial charge on any atom is 0.124 e. The molecule has 2 bridgehead atoms. The topological polar surface area (TPSA) is 12.0 Å². The maximum atomic E-state index is 13.5. The van der Waals surface area contributed by atoms with Crippen LogP contribution in [0.4, 0.5) is 4.39 Å². The van der Waals surface area contributed by atoms with E-state index in [2.05, 4.69) is 28.2 Å². The van der Waals surface area contributed by atoms with E-state index in [1.54, 1.807) is 6.07 Å². The zero-order valence-electron chi connectivity index (χ0n) is 12.7. The van der Waals surface area contributed by atoms with Gasteiger partial charge in [0.15, 0.2) is 0 Å². The number of hydrogen-bond donors (Lipinski definition) is 1. The predicted octanol–water partition coefficient (Wildman–Crippen LogP) is 4.94. The van der Waals surface area contributed by atoms with Crippen LogP contribution in [0.2, 0.25) is 0 Å². The van der Waals surface area contributed by atoms with Gasteiger partial charge in [-0.15, -0.1) is 0 Å². The van der Waals surface area contributed by atoms with Crippen LogP contribution in [0.25, 0.3) is 0 Å². The summed E-state index contributed by atoms with van der Waals surface area (Å²) < 4.78 is 14.4. The van der Waals surface area contributed by atoms with E-state index in [9.17, 15) is 4.39 Å². The molecule has 4 unspecified atom stereocenters. The van der Waals surface area contributed by atoms with Crippen molar-refractivity contribution in [3.05, 3.63) is 34.1 Å². The molecular weight excluding hydrogens is 329 g/mol. The highest BCUT2D eigenvalue weighted by Gasteiger charge is 2.39. The predicted molar refractivity (Wildman–Crippen MR) is 88.8 cm³/mol. The van der Waals surface area contributed by atoms with E-state index in [1.165, 1.54) is 38.2 Å². The van der Waals surface area contributed by atoms with Crippen LogP contribution < -0.4 is 5.32 Å². The molecule has 0 saturated heterocycles. The maximum absolute atomic E-state index is 13.5. The van der Waals surface area contributed by atoms with E-state index < -0.39 is 0 Å². The second kappa shape index (κ2) is 6.78. The Morgan fingerprint density at radius 3 is 2.76 bits per heavy atom. The second-order valence-corrected chi connectivity index (χ2v) is 7.82. The highest BCUT2D eigenvalue weighted by atomic mass is 79.9. The molecule has 4 atom stereocenters. The van der Waals surface area contributed by atoms with Crippen molar-refractivity contribution in [1.82, 2.24) is 5.32 Å². The average molecular weight is 354 g/mol. The zero-order valence-corrected chi connectivity index (χ0v) is 14.3. The molecule has 3 heteroatoms. The molecule has 0 aliphatic heterocycles. The van der Waals surface area contributed by atoms with Crippen LogP contribution in [0, 0.1) is 23.6 Å². The van der Waals surface area contributed by atoms with Gasteiger partial charge < -0.3 is 5.32 Å². The lowest BCUT2D eigenvalue weighted by Gasteiger charge is -2.27. The van der Waals surface area contributed by atoms with E-state index in [-0.39, 0.29) is 5.82 Å². The van der Waals surface area contributed by atoms with E-state index in [1.807, 2.05) is 6.07 Å². The van der Waals surface area contributed by atoms with Gasteiger partial charge in [0.05, 0.1) is 0 Å². The van der Waals surface area contributed by atoms with E-state index in [0.29, 0.717) is 6.04 Å². The third kappa shape index (κ3) is 3.87. The monoisotopic (exact) mass is 353 g/mol. The van der Waals surface area contributed by atoms with Gasteiger partial charge in [-0.05, 0) is 80.2 Å². The van der Waals surface area contributed by atoms with Crippen LogP contribution >= 0.6 is 15.9 Å².